The van der Waals surface area contributed by atoms with Crippen LogP contribution in [0.15, 0.2) is 0 Å². The summed E-state index contributed by atoms with van der Waals surface area (Å²) in [5.74, 6) is -0.378. The number of rotatable bonds is 2. The average molecular weight is 275 g/mol. The largest absolute Gasteiger partial charge is 2.00 e. The third kappa shape index (κ3) is 5.31. The first kappa shape index (κ1) is 17.6. The maximum Gasteiger partial charge on any atom is 2.00 e. The molecule has 1 aliphatic rings. The minimum absolute atomic E-state index is 0. The van der Waals surface area contributed by atoms with Crippen molar-refractivity contribution in [3.8, 4) is 0 Å². The van der Waals surface area contributed by atoms with Crippen molar-refractivity contribution in [2.75, 3.05) is 13.2 Å². The molecule has 0 bridgehead atoms. The van der Waals surface area contributed by atoms with Gasteiger partial charge in [0.2, 0.25) is 0 Å². The van der Waals surface area contributed by atoms with Crippen LogP contribution in [0.25, 0.3) is 0 Å². The second-order valence-electron chi connectivity index (χ2n) is 4.48. The molecule has 0 spiro atoms. The van der Waals surface area contributed by atoms with Crippen molar-refractivity contribution in [1.82, 2.24) is 0 Å². The summed E-state index contributed by atoms with van der Waals surface area (Å²) in [6.45, 7) is 11.7. The Hall–Kier alpha value is 1.17. The molecule has 1 fully saturated rings. The molecule has 4 heteroatoms. The predicted molar refractivity (Wildman–Crippen MR) is 54.4 cm³/mol. The molecule has 80 valence electrons. The standard InChI is InChI=1S/C10H19O2.BrH.Mg/c1-5-6-10(4)11-7-9(2,3)8-12-10;;/h1,5-8H2,2-4H3;1H;/q-1;;+2/p-1. The normalized spacial score (nSPS) is 23.1. The maximum atomic E-state index is 5.66. The number of hydrogen-bond acceptors (Lipinski definition) is 2. The molecule has 0 radical (unpaired) electrons. The zero-order valence-corrected chi connectivity index (χ0v) is 12.4. The Morgan fingerprint density at radius 3 is 1.93 bits per heavy atom. The van der Waals surface area contributed by atoms with Crippen LogP contribution in [0.5, 0.6) is 0 Å². The summed E-state index contributed by atoms with van der Waals surface area (Å²) in [4.78, 5) is 0. The summed E-state index contributed by atoms with van der Waals surface area (Å²) < 4.78 is 11.3. The van der Waals surface area contributed by atoms with Crippen molar-refractivity contribution in [2.24, 2.45) is 5.41 Å². The van der Waals surface area contributed by atoms with Gasteiger partial charge in [-0.05, 0) is 13.3 Å². The maximum absolute atomic E-state index is 5.66. The third-order valence-corrected chi connectivity index (χ3v) is 2.17. The quantitative estimate of drug-likeness (QED) is 0.476. The number of ether oxygens (including phenoxy) is 2. The fraction of sp³-hybridized carbons (Fsp3) is 0.900. The molecule has 1 aliphatic heterocycles. The molecule has 1 heterocycles. The SMILES string of the molecule is [Br-].[CH2-]CCC1(C)OCC(C)(C)CO1.[Mg+2]. The van der Waals surface area contributed by atoms with Crippen LogP contribution in [0.3, 0.4) is 0 Å². The summed E-state index contributed by atoms with van der Waals surface area (Å²) in [5, 5.41) is 0. The van der Waals surface area contributed by atoms with E-state index >= 15 is 0 Å². The van der Waals surface area contributed by atoms with Crippen LogP contribution in [0.1, 0.15) is 33.6 Å². The van der Waals surface area contributed by atoms with E-state index in [9.17, 15) is 0 Å². The Morgan fingerprint density at radius 1 is 1.14 bits per heavy atom. The summed E-state index contributed by atoms with van der Waals surface area (Å²) in [6.07, 6.45) is 1.74. The number of halogens is 1. The van der Waals surface area contributed by atoms with Crippen LogP contribution >= 0.6 is 0 Å². The van der Waals surface area contributed by atoms with Gasteiger partial charge < -0.3 is 33.4 Å². The van der Waals surface area contributed by atoms with Gasteiger partial charge >= 0.3 is 23.1 Å². The van der Waals surface area contributed by atoms with Crippen molar-refractivity contribution in [1.29, 1.82) is 0 Å². The average Bonchev–Trinajstić information content (AvgIpc) is 1.98. The second kappa shape index (κ2) is 6.69. The molecule has 0 aromatic carbocycles. The Balaban J connectivity index is 0. The van der Waals surface area contributed by atoms with E-state index < -0.39 is 0 Å². The van der Waals surface area contributed by atoms with Gasteiger partial charge in [0, 0.05) is 5.41 Å². The molecular formula is C10H19BrMgO2. The van der Waals surface area contributed by atoms with Crippen molar-refractivity contribution in [3.05, 3.63) is 6.92 Å². The van der Waals surface area contributed by atoms with E-state index in [-0.39, 0.29) is 51.2 Å². The fourth-order valence-corrected chi connectivity index (χ4v) is 1.24. The topological polar surface area (TPSA) is 18.5 Å². The van der Waals surface area contributed by atoms with Crippen molar-refractivity contribution in [2.45, 2.75) is 39.4 Å². The van der Waals surface area contributed by atoms with Crippen LogP contribution in [0.4, 0.5) is 0 Å². The molecule has 2 nitrogen and oxygen atoms in total. The fourth-order valence-electron chi connectivity index (χ4n) is 1.24. The first-order valence-electron chi connectivity index (χ1n) is 4.55. The van der Waals surface area contributed by atoms with Gasteiger partial charge in [-0.15, -0.1) is 0 Å². The molecule has 0 aromatic rings. The van der Waals surface area contributed by atoms with Gasteiger partial charge in [-0.3, -0.25) is 0 Å². The molecular weight excluding hydrogens is 256 g/mol. The van der Waals surface area contributed by atoms with E-state index in [0.717, 1.165) is 26.1 Å². The summed E-state index contributed by atoms with van der Waals surface area (Å²) >= 11 is 0. The molecule has 0 atom stereocenters. The molecule has 0 amide bonds. The molecule has 0 N–H and O–H groups in total. The van der Waals surface area contributed by atoms with Gasteiger partial charge in [-0.25, -0.2) is 0 Å². The van der Waals surface area contributed by atoms with Gasteiger partial charge in [-0.1, -0.05) is 13.8 Å². The first-order valence-corrected chi connectivity index (χ1v) is 4.55. The molecule has 1 saturated heterocycles. The molecule has 0 aromatic heterocycles. The van der Waals surface area contributed by atoms with E-state index in [2.05, 4.69) is 20.8 Å². The van der Waals surface area contributed by atoms with Crippen molar-refractivity contribution < 1.29 is 26.5 Å². The predicted octanol–water partition coefficient (Wildman–Crippen LogP) is -0.987. The van der Waals surface area contributed by atoms with E-state index in [1.807, 2.05) is 6.92 Å². The van der Waals surface area contributed by atoms with E-state index in [4.69, 9.17) is 9.47 Å². The minimum atomic E-state index is -0.378. The zero-order chi connectivity index (χ0) is 9.24. The molecule has 0 aliphatic carbocycles. The van der Waals surface area contributed by atoms with E-state index in [1.165, 1.54) is 0 Å². The minimum Gasteiger partial charge on any atom is -1.00 e. The van der Waals surface area contributed by atoms with Gasteiger partial charge in [0.15, 0.2) is 5.79 Å². The second-order valence-corrected chi connectivity index (χ2v) is 4.48. The van der Waals surface area contributed by atoms with Gasteiger partial charge in [0.25, 0.3) is 0 Å². The Kier molecular flexibility index (Phi) is 8.38. The Bertz CT molecular complexity index is 152. The summed E-state index contributed by atoms with van der Waals surface area (Å²) in [7, 11) is 0. The molecule has 14 heavy (non-hydrogen) atoms. The third-order valence-electron chi connectivity index (χ3n) is 2.17. The van der Waals surface area contributed by atoms with Crippen LogP contribution in [-0.2, 0) is 9.47 Å². The molecule has 0 unspecified atom stereocenters. The van der Waals surface area contributed by atoms with Gasteiger partial charge in [0.05, 0.1) is 13.2 Å². The van der Waals surface area contributed by atoms with Crippen LogP contribution < -0.4 is 17.0 Å². The molecule has 0 saturated carbocycles. The monoisotopic (exact) mass is 274 g/mol. The molecule has 1 rings (SSSR count). The number of hydrogen-bond donors (Lipinski definition) is 0. The summed E-state index contributed by atoms with van der Waals surface area (Å²) in [5.41, 5.74) is 0.167. The smallest absolute Gasteiger partial charge is 1.00 e. The summed E-state index contributed by atoms with van der Waals surface area (Å²) in [6, 6.07) is 0. The van der Waals surface area contributed by atoms with E-state index in [1.54, 1.807) is 0 Å². The van der Waals surface area contributed by atoms with Crippen molar-refractivity contribution >= 4 is 23.1 Å². The Morgan fingerprint density at radius 2 is 1.57 bits per heavy atom. The van der Waals surface area contributed by atoms with Crippen molar-refractivity contribution in [3.63, 3.8) is 0 Å². The first-order chi connectivity index (χ1) is 5.47. The zero-order valence-electron chi connectivity index (χ0n) is 9.44. The van der Waals surface area contributed by atoms with Crippen LogP contribution in [-0.4, -0.2) is 42.1 Å². The van der Waals surface area contributed by atoms with E-state index in [0.29, 0.717) is 0 Å². The van der Waals surface area contributed by atoms with Gasteiger partial charge in [-0.2, -0.15) is 6.42 Å². The van der Waals surface area contributed by atoms with Gasteiger partial charge in [0.1, 0.15) is 0 Å². The van der Waals surface area contributed by atoms with Crippen LogP contribution in [0, 0.1) is 12.3 Å². The van der Waals surface area contributed by atoms with Crippen LogP contribution in [0.2, 0.25) is 0 Å². The Labute approximate surface area is 114 Å².